The van der Waals surface area contributed by atoms with Crippen LogP contribution in [0.15, 0.2) is 48.7 Å². The Morgan fingerprint density at radius 3 is 3.04 bits per heavy atom. The topological polar surface area (TPSA) is 92.7 Å². The van der Waals surface area contributed by atoms with Gasteiger partial charge in [0.25, 0.3) is 0 Å². The van der Waals surface area contributed by atoms with Crippen molar-refractivity contribution in [2.45, 2.75) is 18.9 Å². The van der Waals surface area contributed by atoms with Crippen molar-refractivity contribution in [1.82, 2.24) is 19.7 Å². The van der Waals surface area contributed by atoms with E-state index in [9.17, 15) is 9.59 Å². The summed E-state index contributed by atoms with van der Waals surface area (Å²) in [6.45, 7) is 0.554. The number of hydrogen-bond donors (Lipinski definition) is 2. The van der Waals surface area contributed by atoms with Gasteiger partial charge in [0.05, 0.1) is 22.7 Å². The smallest absolute Gasteiger partial charge is 0.242 e. The monoisotopic (exact) mass is 345 g/mol. The number of carbonyl (C=O) groups is 2. The van der Waals surface area contributed by atoms with E-state index in [-0.39, 0.29) is 11.7 Å². The predicted molar refractivity (Wildman–Crippen MR) is 96.8 cm³/mol. The maximum atomic E-state index is 12.9. The number of ketones is 1. The van der Waals surface area contributed by atoms with Crippen molar-refractivity contribution in [2.75, 3.05) is 5.32 Å². The van der Waals surface area contributed by atoms with Crippen LogP contribution in [-0.4, -0.2) is 31.4 Å². The van der Waals surface area contributed by atoms with Crippen LogP contribution in [0.25, 0.3) is 21.9 Å². The van der Waals surface area contributed by atoms with Gasteiger partial charge in [0.2, 0.25) is 5.91 Å². The van der Waals surface area contributed by atoms with Crippen molar-refractivity contribution < 1.29 is 9.59 Å². The lowest BCUT2D eigenvalue weighted by molar-refractivity contribution is -0.128. The van der Waals surface area contributed by atoms with Crippen molar-refractivity contribution >= 4 is 39.3 Å². The highest BCUT2D eigenvalue weighted by molar-refractivity contribution is 6.12. The van der Waals surface area contributed by atoms with E-state index in [2.05, 4.69) is 20.5 Å². The number of nitrogens with zero attached hydrogens (tertiary/aromatic N) is 3. The number of rotatable bonds is 2. The third-order valence-corrected chi connectivity index (χ3v) is 4.82. The molecule has 0 radical (unpaired) electrons. The summed E-state index contributed by atoms with van der Waals surface area (Å²) in [4.78, 5) is 29.9. The molecule has 7 heteroatoms. The average Bonchev–Trinajstić information content (AvgIpc) is 3.24. The zero-order valence-corrected chi connectivity index (χ0v) is 13.8. The molecule has 0 saturated carbocycles. The fraction of sp³-hybridized carbons (Fsp3) is 0.158. The molecule has 128 valence electrons. The summed E-state index contributed by atoms with van der Waals surface area (Å²) in [5.41, 5.74) is 3.19. The summed E-state index contributed by atoms with van der Waals surface area (Å²) in [7, 11) is 0. The van der Waals surface area contributed by atoms with Gasteiger partial charge in [-0.25, -0.2) is 4.98 Å². The van der Waals surface area contributed by atoms with Gasteiger partial charge in [-0.3, -0.25) is 14.7 Å². The number of benzene rings is 2. The molecule has 0 fully saturated rings. The van der Waals surface area contributed by atoms with Crippen molar-refractivity contribution in [3.05, 3.63) is 54.5 Å². The Hall–Kier alpha value is -3.48. The van der Waals surface area contributed by atoms with E-state index in [1.807, 2.05) is 34.9 Å². The third kappa shape index (κ3) is 2.21. The minimum Gasteiger partial charge on any atom is -0.326 e. The first-order chi connectivity index (χ1) is 12.7. The van der Waals surface area contributed by atoms with Gasteiger partial charge < -0.3 is 9.88 Å². The maximum Gasteiger partial charge on any atom is 0.242 e. The molecule has 1 aliphatic rings. The zero-order chi connectivity index (χ0) is 17.7. The Morgan fingerprint density at radius 1 is 1.23 bits per heavy atom. The van der Waals surface area contributed by atoms with Crippen LogP contribution < -0.4 is 5.32 Å². The molecule has 0 spiro atoms. The van der Waals surface area contributed by atoms with Crippen LogP contribution >= 0.6 is 0 Å². The molecular weight excluding hydrogens is 330 g/mol. The number of nitrogens with one attached hydrogen (secondary N) is 2. The molecule has 2 aromatic heterocycles. The largest absolute Gasteiger partial charge is 0.326 e. The molecule has 1 atom stereocenters. The fourth-order valence-electron chi connectivity index (χ4n) is 3.55. The molecule has 3 heterocycles. The summed E-state index contributed by atoms with van der Waals surface area (Å²) in [6.07, 6.45) is 2.04. The molecular formula is C19H15N5O2. The minimum absolute atomic E-state index is 0.104. The Balaban J connectivity index is 1.52. The number of aromatic nitrogens is 4. The quantitative estimate of drug-likeness (QED) is 0.546. The standard InChI is InChI=1S/C19H15N5O2/c25-16-7-8-24-15-4-2-1-3-13(15)22-18(24)17(16)19(26)21-12-6-5-11-10-20-23-14(11)9-12/h1-6,9-10,17H,7-8H2,(H,20,23)(H,21,26). The number of para-hydroxylation sites is 2. The van der Waals surface area contributed by atoms with E-state index in [0.717, 1.165) is 21.9 Å². The van der Waals surface area contributed by atoms with Crippen molar-refractivity contribution in [2.24, 2.45) is 0 Å². The maximum absolute atomic E-state index is 12.9. The second-order valence-electron chi connectivity index (χ2n) is 6.42. The molecule has 5 rings (SSSR count). The van der Waals surface area contributed by atoms with Gasteiger partial charge >= 0.3 is 0 Å². The number of aryl methyl sites for hydroxylation is 1. The second-order valence-corrected chi connectivity index (χ2v) is 6.42. The average molecular weight is 345 g/mol. The number of H-pyrrole nitrogens is 1. The van der Waals surface area contributed by atoms with Crippen LogP contribution in [0, 0.1) is 0 Å². The molecule has 2 aromatic carbocycles. The van der Waals surface area contributed by atoms with Crippen LogP contribution in [0.5, 0.6) is 0 Å². The van der Waals surface area contributed by atoms with Gasteiger partial charge in [0.15, 0.2) is 11.7 Å². The highest BCUT2D eigenvalue weighted by atomic mass is 16.2. The molecule has 0 aliphatic carbocycles. The number of fused-ring (bicyclic) bond motifs is 4. The zero-order valence-electron chi connectivity index (χ0n) is 13.8. The van der Waals surface area contributed by atoms with Crippen LogP contribution in [-0.2, 0) is 16.1 Å². The Labute approximate surface area is 148 Å². The third-order valence-electron chi connectivity index (χ3n) is 4.82. The first kappa shape index (κ1) is 14.8. The first-order valence-corrected chi connectivity index (χ1v) is 8.42. The Bertz CT molecular complexity index is 1170. The highest BCUT2D eigenvalue weighted by Gasteiger charge is 2.36. The van der Waals surface area contributed by atoms with Gasteiger partial charge in [0, 0.05) is 24.0 Å². The summed E-state index contributed by atoms with van der Waals surface area (Å²) in [5.74, 6) is -0.839. The van der Waals surface area contributed by atoms with Crippen molar-refractivity contribution in [3.63, 3.8) is 0 Å². The predicted octanol–water partition coefficient (Wildman–Crippen LogP) is 2.61. The van der Waals surface area contributed by atoms with Gasteiger partial charge in [-0.2, -0.15) is 5.10 Å². The molecule has 4 aromatic rings. The molecule has 0 saturated heterocycles. The van der Waals surface area contributed by atoms with Crippen LogP contribution in [0.1, 0.15) is 18.2 Å². The van der Waals surface area contributed by atoms with E-state index >= 15 is 0 Å². The first-order valence-electron chi connectivity index (χ1n) is 8.42. The molecule has 7 nitrogen and oxygen atoms in total. The van der Waals surface area contributed by atoms with Crippen molar-refractivity contribution in [3.8, 4) is 0 Å². The molecule has 0 bridgehead atoms. The second kappa shape index (κ2) is 5.52. The summed E-state index contributed by atoms with van der Waals surface area (Å²) >= 11 is 0. The van der Waals surface area contributed by atoms with Crippen LogP contribution in [0.4, 0.5) is 5.69 Å². The van der Waals surface area contributed by atoms with E-state index < -0.39 is 5.92 Å². The summed E-state index contributed by atoms with van der Waals surface area (Å²) in [5, 5.41) is 10.6. The van der Waals surface area contributed by atoms with Crippen LogP contribution in [0.2, 0.25) is 0 Å². The van der Waals surface area contributed by atoms with Crippen LogP contribution in [0.3, 0.4) is 0 Å². The van der Waals surface area contributed by atoms with E-state index in [1.54, 1.807) is 18.3 Å². The molecule has 1 unspecified atom stereocenters. The Kier molecular flexibility index (Phi) is 3.15. The van der Waals surface area contributed by atoms with Gasteiger partial charge in [-0.1, -0.05) is 12.1 Å². The summed E-state index contributed by atoms with van der Waals surface area (Å²) < 4.78 is 1.97. The lowest BCUT2D eigenvalue weighted by atomic mass is 9.96. The number of imidazole rings is 1. The molecule has 2 N–H and O–H groups in total. The molecule has 1 amide bonds. The number of anilines is 1. The number of aromatic amines is 1. The van der Waals surface area contributed by atoms with Crippen molar-refractivity contribution in [1.29, 1.82) is 0 Å². The lowest BCUT2D eigenvalue weighted by Crippen LogP contribution is -2.34. The van der Waals surface area contributed by atoms with E-state index in [1.165, 1.54) is 0 Å². The van der Waals surface area contributed by atoms with Gasteiger partial charge in [-0.05, 0) is 30.3 Å². The summed E-state index contributed by atoms with van der Waals surface area (Å²) in [6, 6.07) is 13.2. The normalized spacial score (nSPS) is 16.8. The van der Waals surface area contributed by atoms with E-state index in [0.29, 0.717) is 24.5 Å². The lowest BCUT2D eigenvalue weighted by Gasteiger charge is -2.22. The van der Waals surface area contributed by atoms with Gasteiger partial charge in [0.1, 0.15) is 5.82 Å². The number of hydrogen-bond acceptors (Lipinski definition) is 4. The SMILES string of the molecule is O=C1CCn2c(nc3ccccc32)C1C(=O)Nc1ccc2cn[nH]c2c1. The molecule has 26 heavy (non-hydrogen) atoms. The number of carbonyl (C=O) groups excluding carboxylic acids is 2. The molecule has 1 aliphatic heterocycles. The highest BCUT2D eigenvalue weighted by Crippen LogP contribution is 2.29. The number of Topliss-reactive ketones (excluding diaryl/α,β-unsaturated/α-hetero) is 1. The Morgan fingerprint density at radius 2 is 2.12 bits per heavy atom. The number of amides is 1. The minimum atomic E-state index is -0.895. The van der Waals surface area contributed by atoms with Gasteiger partial charge in [-0.15, -0.1) is 0 Å². The fourth-order valence-corrected chi connectivity index (χ4v) is 3.55. The van der Waals surface area contributed by atoms with E-state index in [4.69, 9.17) is 0 Å².